The van der Waals surface area contributed by atoms with Crippen molar-refractivity contribution >= 4 is 40.3 Å². The van der Waals surface area contributed by atoms with Gasteiger partial charge < -0.3 is 11.1 Å². The average Bonchev–Trinajstić information content (AvgIpc) is 2.41. The van der Waals surface area contributed by atoms with E-state index in [1.807, 2.05) is 25.1 Å². The van der Waals surface area contributed by atoms with Gasteiger partial charge in [0.15, 0.2) is 0 Å². The molecule has 0 aliphatic carbocycles. The molecule has 0 unspecified atom stereocenters. The zero-order valence-corrected chi connectivity index (χ0v) is 12.6. The lowest BCUT2D eigenvalue weighted by atomic mass is 10.1. The van der Waals surface area contributed by atoms with Crippen LogP contribution in [0.1, 0.15) is 11.1 Å². The van der Waals surface area contributed by atoms with Gasteiger partial charge in [-0.2, -0.15) is 0 Å². The first kappa shape index (κ1) is 13.9. The minimum Gasteiger partial charge on any atom is -0.389 e. The van der Waals surface area contributed by atoms with Gasteiger partial charge in [0.25, 0.3) is 0 Å². The van der Waals surface area contributed by atoms with Gasteiger partial charge >= 0.3 is 0 Å². The molecule has 19 heavy (non-hydrogen) atoms. The van der Waals surface area contributed by atoms with Gasteiger partial charge in [-0.3, -0.25) is 0 Å². The van der Waals surface area contributed by atoms with E-state index in [1.165, 1.54) is 4.90 Å². The molecule has 0 aromatic heterocycles. The summed E-state index contributed by atoms with van der Waals surface area (Å²) in [6.07, 6.45) is 2.07. The zero-order valence-electron chi connectivity index (χ0n) is 10.9. The Labute approximate surface area is 123 Å². The maximum Gasteiger partial charge on any atom is 0.103 e. The molecule has 98 valence electrons. The van der Waals surface area contributed by atoms with E-state index in [-0.39, 0.29) is 0 Å². The van der Waals surface area contributed by atoms with Gasteiger partial charge in [-0.05, 0) is 61.2 Å². The van der Waals surface area contributed by atoms with Crippen LogP contribution in [-0.4, -0.2) is 11.2 Å². The fraction of sp³-hybridized carbons (Fsp3) is 0.133. The van der Waals surface area contributed by atoms with Crippen molar-refractivity contribution in [2.24, 2.45) is 5.73 Å². The first-order valence-electron chi connectivity index (χ1n) is 5.91. The van der Waals surface area contributed by atoms with Crippen molar-refractivity contribution in [3.8, 4) is 0 Å². The summed E-state index contributed by atoms with van der Waals surface area (Å²) in [5.74, 6) is 0. The van der Waals surface area contributed by atoms with E-state index in [9.17, 15) is 0 Å². The second-order valence-electron chi connectivity index (χ2n) is 4.25. The van der Waals surface area contributed by atoms with Crippen LogP contribution in [-0.2, 0) is 0 Å². The number of thiocarbonyl (C=S) groups is 1. The first-order chi connectivity index (χ1) is 9.10. The normalized spacial score (nSPS) is 10.2. The predicted octanol–water partition coefficient (Wildman–Crippen LogP) is 4.09. The quantitative estimate of drug-likeness (QED) is 0.656. The molecule has 2 aromatic carbocycles. The van der Waals surface area contributed by atoms with E-state index in [4.69, 9.17) is 18.0 Å². The molecule has 0 saturated carbocycles. The Bertz CT molecular complexity index is 592. The van der Waals surface area contributed by atoms with Crippen LogP contribution in [0.25, 0.3) is 0 Å². The molecule has 2 rings (SSSR count). The van der Waals surface area contributed by atoms with Crippen LogP contribution >= 0.6 is 24.0 Å². The Balaban J connectivity index is 2.20. The highest BCUT2D eigenvalue weighted by Crippen LogP contribution is 2.23. The summed E-state index contributed by atoms with van der Waals surface area (Å²) >= 11 is 6.71. The van der Waals surface area contributed by atoms with E-state index in [0.717, 1.165) is 22.5 Å². The van der Waals surface area contributed by atoms with Crippen molar-refractivity contribution in [1.82, 2.24) is 0 Å². The molecule has 0 aliphatic rings. The van der Waals surface area contributed by atoms with Gasteiger partial charge in [-0.15, -0.1) is 11.8 Å². The molecule has 0 fully saturated rings. The number of aryl methyl sites for hydroxylation is 1. The Kier molecular flexibility index (Phi) is 4.45. The summed E-state index contributed by atoms with van der Waals surface area (Å²) in [6, 6.07) is 14.3. The van der Waals surface area contributed by atoms with Crippen LogP contribution < -0.4 is 11.1 Å². The summed E-state index contributed by atoms with van der Waals surface area (Å²) < 4.78 is 0. The third kappa shape index (κ3) is 3.49. The molecule has 2 aromatic rings. The maximum absolute atomic E-state index is 5.63. The summed E-state index contributed by atoms with van der Waals surface area (Å²) in [5.41, 5.74) is 9.79. The minimum atomic E-state index is 0.430. The van der Waals surface area contributed by atoms with Gasteiger partial charge in [0, 0.05) is 21.8 Å². The van der Waals surface area contributed by atoms with Crippen molar-refractivity contribution < 1.29 is 0 Å². The molecule has 0 aliphatic heterocycles. The third-order valence-electron chi connectivity index (χ3n) is 2.88. The van der Waals surface area contributed by atoms with Crippen molar-refractivity contribution in [2.45, 2.75) is 11.8 Å². The largest absolute Gasteiger partial charge is 0.389 e. The number of nitrogens with two attached hydrogens (primary N) is 1. The topological polar surface area (TPSA) is 38.0 Å². The number of hydrogen-bond acceptors (Lipinski definition) is 3. The zero-order chi connectivity index (χ0) is 13.8. The van der Waals surface area contributed by atoms with Crippen LogP contribution in [0.2, 0.25) is 0 Å². The van der Waals surface area contributed by atoms with Crippen LogP contribution in [0.3, 0.4) is 0 Å². The summed E-state index contributed by atoms with van der Waals surface area (Å²) in [7, 11) is 0. The van der Waals surface area contributed by atoms with E-state index in [1.54, 1.807) is 11.8 Å². The second-order valence-corrected chi connectivity index (χ2v) is 5.57. The molecule has 0 radical (unpaired) electrons. The highest BCUT2D eigenvalue weighted by molar-refractivity contribution is 7.98. The summed E-state index contributed by atoms with van der Waals surface area (Å²) in [5, 5.41) is 3.40. The monoisotopic (exact) mass is 288 g/mol. The Morgan fingerprint density at radius 3 is 2.37 bits per heavy atom. The lowest BCUT2D eigenvalue weighted by Gasteiger charge is -2.11. The molecule has 0 atom stereocenters. The highest BCUT2D eigenvalue weighted by Gasteiger charge is 2.02. The number of nitrogens with one attached hydrogen (secondary N) is 1. The predicted molar refractivity (Wildman–Crippen MR) is 88.6 cm³/mol. The lowest BCUT2D eigenvalue weighted by molar-refractivity contribution is 1.40. The van der Waals surface area contributed by atoms with Crippen LogP contribution in [0.15, 0.2) is 47.4 Å². The molecule has 3 N–H and O–H groups in total. The van der Waals surface area contributed by atoms with E-state index >= 15 is 0 Å². The van der Waals surface area contributed by atoms with Gasteiger partial charge in [0.1, 0.15) is 4.99 Å². The molecule has 2 nitrogen and oxygen atoms in total. The summed E-state index contributed by atoms with van der Waals surface area (Å²) in [4.78, 5) is 1.69. The molecule has 0 amide bonds. The number of rotatable bonds is 4. The number of hydrogen-bond donors (Lipinski definition) is 2. The van der Waals surface area contributed by atoms with E-state index in [2.05, 4.69) is 35.8 Å². The SMILES string of the molecule is CSc1ccc(Nc2ccc(C(N)=S)cc2C)cc1. The summed E-state index contributed by atoms with van der Waals surface area (Å²) in [6.45, 7) is 2.04. The van der Waals surface area contributed by atoms with E-state index in [0.29, 0.717) is 4.99 Å². The van der Waals surface area contributed by atoms with Crippen molar-refractivity contribution in [1.29, 1.82) is 0 Å². The minimum absolute atomic E-state index is 0.430. The maximum atomic E-state index is 5.63. The molecular weight excluding hydrogens is 272 g/mol. The lowest BCUT2D eigenvalue weighted by Crippen LogP contribution is -2.09. The van der Waals surface area contributed by atoms with Gasteiger partial charge in [0.2, 0.25) is 0 Å². The van der Waals surface area contributed by atoms with Crippen molar-refractivity contribution in [3.05, 3.63) is 53.6 Å². The molecule has 0 spiro atoms. The molecule has 0 bridgehead atoms. The van der Waals surface area contributed by atoms with Crippen LogP contribution in [0.5, 0.6) is 0 Å². The van der Waals surface area contributed by atoms with Gasteiger partial charge in [-0.25, -0.2) is 0 Å². The van der Waals surface area contributed by atoms with Gasteiger partial charge in [-0.1, -0.05) is 12.2 Å². The second kappa shape index (κ2) is 6.08. The number of anilines is 2. The third-order valence-corrected chi connectivity index (χ3v) is 3.86. The highest BCUT2D eigenvalue weighted by atomic mass is 32.2. The van der Waals surface area contributed by atoms with E-state index < -0.39 is 0 Å². The fourth-order valence-electron chi connectivity index (χ4n) is 1.79. The smallest absolute Gasteiger partial charge is 0.103 e. The van der Waals surface area contributed by atoms with Crippen molar-refractivity contribution in [2.75, 3.05) is 11.6 Å². The van der Waals surface area contributed by atoms with Gasteiger partial charge in [0.05, 0.1) is 0 Å². The van der Waals surface area contributed by atoms with Crippen LogP contribution in [0.4, 0.5) is 11.4 Å². The molecule has 4 heteroatoms. The fourth-order valence-corrected chi connectivity index (χ4v) is 2.32. The first-order valence-corrected chi connectivity index (χ1v) is 7.55. The Morgan fingerprint density at radius 2 is 1.84 bits per heavy atom. The van der Waals surface area contributed by atoms with Crippen molar-refractivity contribution in [3.63, 3.8) is 0 Å². The van der Waals surface area contributed by atoms with Crippen LogP contribution in [0, 0.1) is 6.92 Å². The Morgan fingerprint density at radius 1 is 1.16 bits per heavy atom. The molecular formula is C15H16N2S2. The average molecular weight is 288 g/mol. The number of benzene rings is 2. The molecule has 0 heterocycles. The molecule has 0 saturated heterocycles. The standard InChI is InChI=1S/C15H16N2S2/c1-10-9-11(15(16)18)3-8-14(10)17-12-4-6-13(19-2)7-5-12/h3-9,17H,1-2H3,(H2,16,18). The number of thioether (sulfide) groups is 1. The Hall–Kier alpha value is -1.52.